The number of aliphatic hydroxyl groups excluding tert-OH is 1. The zero-order valence-corrected chi connectivity index (χ0v) is 16.5. The second kappa shape index (κ2) is 11.0. The molecule has 0 heterocycles. The summed E-state index contributed by atoms with van der Waals surface area (Å²) >= 11 is 0. The van der Waals surface area contributed by atoms with Gasteiger partial charge in [-0.2, -0.15) is 0 Å². The van der Waals surface area contributed by atoms with Crippen LogP contribution in [0.3, 0.4) is 0 Å². The standard InChI is InChI=1S/C17H18F3NO3S.C2H6O/c1-2-3-12-21-25(22,23)16-10-6-14(7-11-16)13-4-8-15(9-5-13)24-17(18,19)20;1-2-3/h4-11,21H,2-3,12H2,1H3;3H,2H2,1H3. The summed E-state index contributed by atoms with van der Waals surface area (Å²) in [6.45, 7) is 4.27. The van der Waals surface area contributed by atoms with Crippen LogP contribution in [0.5, 0.6) is 5.75 Å². The first-order valence-corrected chi connectivity index (χ1v) is 10.2. The first-order valence-electron chi connectivity index (χ1n) is 8.69. The Balaban J connectivity index is 0.00000122. The number of halogens is 3. The predicted molar refractivity (Wildman–Crippen MR) is 101 cm³/mol. The fraction of sp³-hybridized carbons (Fsp3) is 0.368. The second-order valence-electron chi connectivity index (χ2n) is 5.66. The van der Waals surface area contributed by atoms with Crippen LogP contribution in [0.1, 0.15) is 26.7 Å². The van der Waals surface area contributed by atoms with Crippen molar-refractivity contribution >= 4 is 10.0 Å². The van der Waals surface area contributed by atoms with Gasteiger partial charge in [-0.25, -0.2) is 13.1 Å². The maximum absolute atomic E-state index is 12.1. The van der Waals surface area contributed by atoms with Gasteiger partial charge < -0.3 is 9.84 Å². The lowest BCUT2D eigenvalue weighted by atomic mass is 10.1. The fourth-order valence-electron chi connectivity index (χ4n) is 2.14. The number of aliphatic hydroxyl groups is 1. The summed E-state index contributed by atoms with van der Waals surface area (Å²) < 4.78 is 67.0. The molecule has 0 saturated heterocycles. The molecule has 2 N–H and O–H groups in total. The Morgan fingerprint density at radius 2 is 1.43 bits per heavy atom. The van der Waals surface area contributed by atoms with Gasteiger partial charge >= 0.3 is 6.36 Å². The average Bonchev–Trinajstić information content (AvgIpc) is 2.62. The van der Waals surface area contributed by atoms with Crippen molar-refractivity contribution in [2.45, 2.75) is 37.9 Å². The lowest BCUT2D eigenvalue weighted by Gasteiger charge is -2.10. The highest BCUT2D eigenvalue weighted by atomic mass is 32.2. The van der Waals surface area contributed by atoms with Crippen molar-refractivity contribution in [3.63, 3.8) is 0 Å². The van der Waals surface area contributed by atoms with Gasteiger partial charge in [0.05, 0.1) is 4.90 Å². The number of rotatable bonds is 7. The number of hydrogen-bond donors (Lipinski definition) is 2. The minimum atomic E-state index is -4.73. The Bertz CT molecular complexity index is 805. The van der Waals surface area contributed by atoms with E-state index in [2.05, 4.69) is 9.46 Å². The summed E-state index contributed by atoms with van der Waals surface area (Å²) in [6.07, 6.45) is -3.10. The monoisotopic (exact) mass is 419 g/mol. The maximum atomic E-state index is 12.1. The molecule has 0 bridgehead atoms. The van der Waals surface area contributed by atoms with Crippen molar-refractivity contribution in [3.05, 3.63) is 48.5 Å². The molecule has 28 heavy (non-hydrogen) atoms. The molecule has 5 nitrogen and oxygen atoms in total. The molecule has 2 aromatic carbocycles. The Kier molecular flexibility index (Phi) is 9.44. The van der Waals surface area contributed by atoms with E-state index in [0.29, 0.717) is 17.7 Å². The van der Waals surface area contributed by atoms with Crippen molar-refractivity contribution in [2.24, 2.45) is 0 Å². The third kappa shape index (κ3) is 8.28. The Morgan fingerprint density at radius 3 is 1.86 bits per heavy atom. The van der Waals surface area contributed by atoms with Crippen LogP contribution in [0.2, 0.25) is 0 Å². The second-order valence-corrected chi connectivity index (χ2v) is 7.43. The number of benzene rings is 2. The number of ether oxygens (including phenoxy) is 1. The van der Waals surface area contributed by atoms with Gasteiger partial charge in [0, 0.05) is 13.2 Å². The Morgan fingerprint density at radius 1 is 0.964 bits per heavy atom. The maximum Gasteiger partial charge on any atom is 0.573 e. The molecule has 0 fully saturated rings. The normalized spacial score (nSPS) is 11.5. The first kappa shape index (κ1) is 23.9. The topological polar surface area (TPSA) is 75.6 Å². The third-order valence-electron chi connectivity index (χ3n) is 3.41. The highest BCUT2D eigenvalue weighted by Crippen LogP contribution is 2.27. The molecule has 0 aliphatic heterocycles. The van der Waals surface area contributed by atoms with Crippen LogP contribution in [0.25, 0.3) is 11.1 Å². The SMILES string of the molecule is CCCCNS(=O)(=O)c1ccc(-c2ccc(OC(F)(F)F)cc2)cc1.CCO. The molecule has 0 aliphatic carbocycles. The van der Waals surface area contributed by atoms with Crippen LogP contribution in [0.4, 0.5) is 13.2 Å². The summed E-state index contributed by atoms with van der Waals surface area (Å²) in [6, 6.07) is 11.5. The minimum absolute atomic E-state index is 0.143. The van der Waals surface area contributed by atoms with Gasteiger partial charge in [0.15, 0.2) is 0 Å². The molecule has 0 aromatic heterocycles. The van der Waals surface area contributed by atoms with E-state index in [1.54, 1.807) is 19.1 Å². The fourth-order valence-corrected chi connectivity index (χ4v) is 3.22. The molecular formula is C19H24F3NO4S. The minimum Gasteiger partial charge on any atom is -0.406 e. The van der Waals surface area contributed by atoms with E-state index in [0.717, 1.165) is 12.8 Å². The first-order chi connectivity index (χ1) is 13.1. The van der Waals surface area contributed by atoms with Crippen LogP contribution >= 0.6 is 0 Å². The van der Waals surface area contributed by atoms with E-state index < -0.39 is 16.4 Å². The molecule has 0 saturated carbocycles. The zero-order valence-electron chi connectivity index (χ0n) is 15.7. The van der Waals surface area contributed by atoms with E-state index in [1.165, 1.54) is 36.4 Å². The van der Waals surface area contributed by atoms with E-state index in [1.807, 2.05) is 6.92 Å². The van der Waals surface area contributed by atoms with Gasteiger partial charge in [-0.3, -0.25) is 0 Å². The van der Waals surface area contributed by atoms with Crippen LogP contribution in [0.15, 0.2) is 53.4 Å². The molecule has 156 valence electrons. The lowest BCUT2D eigenvalue weighted by molar-refractivity contribution is -0.274. The van der Waals surface area contributed by atoms with Gasteiger partial charge in [-0.1, -0.05) is 37.6 Å². The highest BCUT2D eigenvalue weighted by molar-refractivity contribution is 7.89. The Labute approximate surface area is 163 Å². The molecule has 2 rings (SSSR count). The number of unbranched alkanes of at least 4 members (excludes halogenated alkanes) is 1. The summed E-state index contributed by atoms with van der Waals surface area (Å²) in [4.78, 5) is 0.143. The average molecular weight is 419 g/mol. The van der Waals surface area contributed by atoms with Crippen molar-refractivity contribution in [2.75, 3.05) is 13.2 Å². The molecule has 0 amide bonds. The largest absolute Gasteiger partial charge is 0.573 e. The summed E-state index contributed by atoms with van der Waals surface area (Å²) in [5.74, 6) is -0.310. The van der Waals surface area contributed by atoms with Crippen LogP contribution < -0.4 is 9.46 Å². The summed E-state index contributed by atoms with van der Waals surface area (Å²) in [5.41, 5.74) is 1.34. The number of sulfonamides is 1. The van der Waals surface area contributed by atoms with Crippen LogP contribution in [-0.2, 0) is 10.0 Å². The van der Waals surface area contributed by atoms with Gasteiger partial charge in [0.2, 0.25) is 10.0 Å². The Hall–Kier alpha value is -2.10. The predicted octanol–water partition coefficient (Wildman–Crippen LogP) is 4.33. The van der Waals surface area contributed by atoms with Crippen molar-refractivity contribution in [1.82, 2.24) is 4.72 Å². The smallest absolute Gasteiger partial charge is 0.406 e. The van der Waals surface area contributed by atoms with Crippen LogP contribution in [-0.4, -0.2) is 33.0 Å². The number of hydrogen-bond acceptors (Lipinski definition) is 4. The molecule has 2 aromatic rings. The van der Waals surface area contributed by atoms with Gasteiger partial charge in [-0.15, -0.1) is 13.2 Å². The molecule has 0 spiro atoms. The quantitative estimate of drug-likeness (QED) is 0.655. The zero-order chi connectivity index (χ0) is 21.2. The van der Waals surface area contributed by atoms with E-state index in [-0.39, 0.29) is 17.3 Å². The summed E-state index contributed by atoms with van der Waals surface area (Å²) in [7, 11) is -3.55. The molecule has 9 heteroatoms. The van der Waals surface area contributed by atoms with Gasteiger partial charge in [-0.05, 0) is 48.7 Å². The summed E-state index contributed by atoms with van der Waals surface area (Å²) in [5, 5.41) is 7.57. The molecular weight excluding hydrogens is 395 g/mol. The lowest BCUT2D eigenvalue weighted by Crippen LogP contribution is -2.24. The molecule has 0 atom stereocenters. The van der Waals surface area contributed by atoms with Crippen molar-refractivity contribution in [1.29, 1.82) is 0 Å². The highest BCUT2D eigenvalue weighted by Gasteiger charge is 2.30. The van der Waals surface area contributed by atoms with E-state index in [9.17, 15) is 21.6 Å². The molecule has 0 unspecified atom stereocenters. The molecule has 0 radical (unpaired) electrons. The van der Waals surface area contributed by atoms with Gasteiger partial charge in [0.1, 0.15) is 5.75 Å². The van der Waals surface area contributed by atoms with Crippen LogP contribution in [0, 0.1) is 0 Å². The van der Waals surface area contributed by atoms with Crippen molar-refractivity contribution < 1.29 is 31.4 Å². The number of nitrogens with one attached hydrogen (secondary N) is 1. The third-order valence-corrected chi connectivity index (χ3v) is 4.89. The van der Waals surface area contributed by atoms with E-state index >= 15 is 0 Å². The van der Waals surface area contributed by atoms with Crippen molar-refractivity contribution in [3.8, 4) is 16.9 Å². The van der Waals surface area contributed by atoms with E-state index in [4.69, 9.17) is 5.11 Å². The van der Waals surface area contributed by atoms with Gasteiger partial charge in [0.25, 0.3) is 0 Å². The molecule has 0 aliphatic rings. The number of alkyl halides is 3.